The molecule has 38 heavy (non-hydrogen) atoms. The lowest BCUT2D eigenvalue weighted by Crippen LogP contribution is -2.52. The first kappa shape index (κ1) is 27.2. The number of hydrogen-bond acceptors (Lipinski definition) is 6. The Morgan fingerprint density at radius 3 is 2.66 bits per heavy atom. The van der Waals surface area contributed by atoms with Crippen LogP contribution in [0.25, 0.3) is 0 Å². The van der Waals surface area contributed by atoms with Gasteiger partial charge in [0.05, 0.1) is 30.1 Å². The molecule has 1 unspecified atom stereocenters. The van der Waals surface area contributed by atoms with E-state index < -0.39 is 17.2 Å². The van der Waals surface area contributed by atoms with Crippen molar-refractivity contribution in [2.75, 3.05) is 0 Å². The van der Waals surface area contributed by atoms with Crippen molar-refractivity contribution in [3.63, 3.8) is 0 Å². The molecule has 0 saturated heterocycles. The number of rotatable bonds is 8. The molecule has 2 amide bonds. The molecular weight excluding hydrogens is 478 g/mol. The smallest absolute Gasteiger partial charge is 0.251 e. The number of nitrogens with one attached hydrogen (secondary N) is 1. The normalized spacial score (nSPS) is 20.4. The van der Waals surface area contributed by atoms with Gasteiger partial charge in [0.25, 0.3) is 5.91 Å². The van der Waals surface area contributed by atoms with Crippen molar-refractivity contribution in [3.8, 4) is 11.8 Å². The Hall–Kier alpha value is -3.86. The first-order chi connectivity index (χ1) is 18.1. The third kappa shape index (κ3) is 5.52. The molecule has 3 N–H and O–H groups in total. The topological polar surface area (TPSA) is 121 Å². The molecule has 2 aliphatic rings. The molecule has 0 aliphatic carbocycles. The van der Waals surface area contributed by atoms with Crippen molar-refractivity contribution in [3.05, 3.63) is 65.2 Å². The number of benzene rings is 2. The van der Waals surface area contributed by atoms with Crippen LogP contribution in [0.4, 0.5) is 0 Å². The predicted molar refractivity (Wildman–Crippen MR) is 146 cm³/mol. The fourth-order valence-electron chi connectivity index (χ4n) is 5.53. The highest BCUT2D eigenvalue weighted by Gasteiger charge is 2.40. The Bertz CT molecular complexity index is 1270. The summed E-state index contributed by atoms with van der Waals surface area (Å²) in [7, 11) is 0. The molecule has 200 valence electrons. The lowest BCUT2D eigenvalue weighted by atomic mass is 9.87. The summed E-state index contributed by atoms with van der Waals surface area (Å²) in [6.07, 6.45) is 2.95. The third-order valence-corrected chi connectivity index (χ3v) is 7.72. The Kier molecular flexibility index (Phi) is 7.77. The zero-order valence-corrected chi connectivity index (χ0v) is 22.7. The van der Waals surface area contributed by atoms with Gasteiger partial charge in [-0.2, -0.15) is 5.26 Å². The van der Waals surface area contributed by atoms with Gasteiger partial charge in [0.15, 0.2) is 5.96 Å². The van der Waals surface area contributed by atoms with Crippen LogP contribution in [0.1, 0.15) is 99.8 Å². The molecule has 0 radical (unpaired) electrons. The van der Waals surface area contributed by atoms with Gasteiger partial charge in [0.2, 0.25) is 5.91 Å². The molecule has 0 bridgehead atoms. The van der Waals surface area contributed by atoms with Crippen molar-refractivity contribution in [2.24, 2.45) is 10.7 Å². The number of fused-ring (bicyclic) bond motifs is 1. The number of hydrogen-bond donors (Lipinski definition) is 2. The minimum absolute atomic E-state index is 0.111. The fourth-order valence-corrected chi connectivity index (χ4v) is 5.53. The van der Waals surface area contributed by atoms with E-state index in [2.05, 4.69) is 11.4 Å². The summed E-state index contributed by atoms with van der Waals surface area (Å²) in [5.41, 5.74) is 7.63. The standard InChI is InChI=1S/C30H37N5O3/c1-5-30(6-2)19-26(36)35(28(32)34-30)24(14-10-16-31)20-11-9-12-21(17-20)27(37)33-23-18-29(3,4)38-25-15-8-7-13-22(23)25/h7-9,11-13,15,17,23-24H,5-6,10,14,18-19H2,1-4H3,(H2,32,34)(H,33,37)/t23-,24?/m0/s1. The van der Waals surface area contributed by atoms with Crippen molar-refractivity contribution >= 4 is 17.8 Å². The van der Waals surface area contributed by atoms with E-state index in [4.69, 9.17) is 15.5 Å². The first-order valence-corrected chi connectivity index (χ1v) is 13.3. The SMILES string of the molecule is CCC1(CC)CC(=O)N(C(CCC#N)c2cccc(C(=O)N[C@H]3CC(C)(C)Oc4ccccc43)c2)C(N)=N1. The van der Waals surface area contributed by atoms with Crippen molar-refractivity contribution in [1.29, 1.82) is 5.26 Å². The fraction of sp³-hybridized carbons (Fsp3) is 0.467. The average molecular weight is 516 g/mol. The number of para-hydroxylation sites is 1. The second-order valence-electron chi connectivity index (χ2n) is 10.8. The van der Waals surface area contributed by atoms with E-state index in [1.54, 1.807) is 18.2 Å². The molecule has 0 saturated carbocycles. The maximum Gasteiger partial charge on any atom is 0.251 e. The number of amides is 2. The van der Waals surface area contributed by atoms with Gasteiger partial charge < -0.3 is 15.8 Å². The molecule has 2 aliphatic heterocycles. The van der Waals surface area contributed by atoms with Crippen molar-refractivity contribution in [1.82, 2.24) is 10.2 Å². The number of aliphatic imine (C=N–C) groups is 1. The van der Waals surface area contributed by atoms with Crippen LogP contribution in [0.3, 0.4) is 0 Å². The van der Waals surface area contributed by atoms with Gasteiger partial charge >= 0.3 is 0 Å². The van der Waals surface area contributed by atoms with E-state index in [1.807, 2.05) is 58.0 Å². The van der Waals surface area contributed by atoms with Crippen LogP contribution in [0, 0.1) is 11.3 Å². The van der Waals surface area contributed by atoms with Crippen LogP contribution in [0.15, 0.2) is 53.5 Å². The number of carbonyl (C=O) groups is 2. The number of guanidine groups is 1. The molecule has 2 aromatic carbocycles. The molecule has 0 fully saturated rings. The van der Waals surface area contributed by atoms with E-state index >= 15 is 0 Å². The van der Waals surface area contributed by atoms with Gasteiger partial charge in [-0.3, -0.25) is 14.5 Å². The highest BCUT2D eigenvalue weighted by Crippen LogP contribution is 2.39. The molecule has 0 aromatic heterocycles. The number of ether oxygens (including phenoxy) is 1. The maximum atomic E-state index is 13.5. The molecule has 2 aromatic rings. The second-order valence-corrected chi connectivity index (χ2v) is 10.8. The highest BCUT2D eigenvalue weighted by molar-refractivity contribution is 6.00. The molecule has 2 atom stereocenters. The Balaban J connectivity index is 1.63. The van der Waals surface area contributed by atoms with Crippen LogP contribution in [0.2, 0.25) is 0 Å². The summed E-state index contributed by atoms with van der Waals surface area (Å²) in [5, 5.41) is 12.5. The van der Waals surface area contributed by atoms with E-state index in [1.165, 1.54) is 4.90 Å². The van der Waals surface area contributed by atoms with E-state index in [-0.39, 0.29) is 36.7 Å². The van der Waals surface area contributed by atoms with Crippen LogP contribution in [-0.2, 0) is 4.79 Å². The van der Waals surface area contributed by atoms with Gasteiger partial charge in [-0.25, -0.2) is 4.99 Å². The minimum Gasteiger partial charge on any atom is -0.487 e. The van der Waals surface area contributed by atoms with Crippen molar-refractivity contribution < 1.29 is 14.3 Å². The van der Waals surface area contributed by atoms with Gasteiger partial charge in [0, 0.05) is 24.0 Å². The summed E-state index contributed by atoms with van der Waals surface area (Å²) in [6, 6.07) is 16.4. The summed E-state index contributed by atoms with van der Waals surface area (Å²) in [5.74, 6) is 0.614. The molecule has 2 heterocycles. The molecule has 4 rings (SSSR count). The van der Waals surface area contributed by atoms with Crippen LogP contribution in [0.5, 0.6) is 5.75 Å². The van der Waals surface area contributed by atoms with E-state index in [9.17, 15) is 14.9 Å². The van der Waals surface area contributed by atoms with E-state index in [0.29, 0.717) is 31.2 Å². The van der Waals surface area contributed by atoms with Crippen LogP contribution >= 0.6 is 0 Å². The largest absolute Gasteiger partial charge is 0.487 e. The zero-order valence-electron chi connectivity index (χ0n) is 22.7. The summed E-state index contributed by atoms with van der Waals surface area (Å²) in [4.78, 5) is 33.1. The third-order valence-electron chi connectivity index (χ3n) is 7.72. The van der Waals surface area contributed by atoms with Gasteiger partial charge in [-0.1, -0.05) is 44.2 Å². The zero-order chi connectivity index (χ0) is 27.5. The predicted octanol–water partition coefficient (Wildman–Crippen LogP) is 5.17. The Labute approximate surface area is 224 Å². The van der Waals surface area contributed by atoms with Crippen LogP contribution in [-0.4, -0.2) is 33.8 Å². The lowest BCUT2D eigenvalue weighted by Gasteiger charge is -2.40. The Morgan fingerprint density at radius 1 is 1.24 bits per heavy atom. The molecule has 8 heteroatoms. The summed E-state index contributed by atoms with van der Waals surface area (Å²) in [6.45, 7) is 8.04. The first-order valence-electron chi connectivity index (χ1n) is 13.3. The number of nitriles is 1. The Morgan fingerprint density at radius 2 is 1.97 bits per heavy atom. The lowest BCUT2D eigenvalue weighted by molar-refractivity contribution is -0.131. The summed E-state index contributed by atoms with van der Waals surface area (Å²) >= 11 is 0. The molecule has 0 spiro atoms. The van der Waals surface area contributed by atoms with Crippen molar-refractivity contribution in [2.45, 2.75) is 89.4 Å². The molecule has 8 nitrogen and oxygen atoms in total. The number of nitrogens with two attached hydrogens (primary N) is 1. The minimum atomic E-state index is -0.493. The average Bonchev–Trinajstić information content (AvgIpc) is 2.89. The van der Waals surface area contributed by atoms with Gasteiger partial charge in [0.1, 0.15) is 11.4 Å². The van der Waals surface area contributed by atoms with E-state index in [0.717, 1.165) is 16.9 Å². The maximum absolute atomic E-state index is 13.5. The summed E-state index contributed by atoms with van der Waals surface area (Å²) < 4.78 is 6.10. The molecular formula is C30H37N5O3. The van der Waals surface area contributed by atoms with Gasteiger partial charge in [-0.05, 0) is 56.9 Å². The highest BCUT2D eigenvalue weighted by atomic mass is 16.5. The van der Waals surface area contributed by atoms with Gasteiger partial charge in [-0.15, -0.1) is 0 Å². The quantitative estimate of drug-likeness (QED) is 0.502. The second kappa shape index (κ2) is 10.9. The monoisotopic (exact) mass is 515 g/mol. The van der Waals surface area contributed by atoms with Crippen LogP contribution < -0.4 is 15.8 Å². The number of nitrogens with zero attached hydrogens (tertiary/aromatic N) is 3. The number of carbonyl (C=O) groups excluding carboxylic acids is 2.